The molecular weight excluding hydrogens is 713 g/mol. The third-order valence-corrected chi connectivity index (χ3v) is 29.5. The highest BCUT2D eigenvalue weighted by Crippen LogP contribution is 2.66. The van der Waals surface area contributed by atoms with Crippen molar-refractivity contribution in [2.75, 3.05) is 6.61 Å². The van der Waals surface area contributed by atoms with Crippen molar-refractivity contribution in [3.63, 3.8) is 0 Å². The monoisotopic (exact) mass is 803 g/mol. The van der Waals surface area contributed by atoms with Gasteiger partial charge in [-0.1, -0.05) is 105 Å². The largest absolute Gasteiger partial charge is 0.432 e. The van der Waals surface area contributed by atoms with Crippen LogP contribution in [-0.2, 0) is 9.16 Å². The summed E-state index contributed by atoms with van der Waals surface area (Å²) in [7, 11) is -6.54. The van der Waals surface area contributed by atoms with Crippen molar-refractivity contribution >= 4 is 25.0 Å². The first-order valence-corrected chi connectivity index (χ1v) is 31.4. The summed E-state index contributed by atoms with van der Waals surface area (Å²) >= 11 is 0. The van der Waals surface area contributed by atoms with Gasteiger partial charge in [0.2, 0.25) is 0 Å². The SMILES string of the molecule is CCC(CC)(CCO[C@H](C)C1CCC2/C(=C/C=C3\C[C@@H](CC(C)(C)[Si](C)(C)O)C4(CC4)[C@H](O[Si](C)(C)C(C)(C)C)C3)CCCC21C)CC(C)(C)[Si](C)(C)O. The molecule has 4 rings (SSSR count). The van der Waals surface area contributed by atoms with E-state index in [1.165, 1.54) is 44.9 Å². The third-order valence-electron chi connectivity index (χ3n) is 18.0. The molecule has 0 amide bonds. The van der Waals surface area contributed by atoms with Crippen molar-refractivity contribution in [2.24, 2.45) is 34.0 Å². The lowest BCUT2D eigenvalue weighted by Crippen LogP contribution is -2.50. The van der Waals surface area contributed by atoms with Crippen molar-refractivity contribution < 1.29 is 18.8 Å². The van der Waals surface area contributed by atoms with Gasteiger partial charge in [-0.05, 0) is 172 Å². The minimum absolute atomic E-state index is 0.0120. The molecule has 4 nitrogen and oxygen atoms in total. The molecule has 4 aliphatic rings. The van der Waals surface area contributed by atoms with E-state index in [2.05, 4.69) is 128 Å². The van der Waals surface area contributed by atoms with Crippen LogP contribution < -0.4 is 0 Å². The Balaban J connectivity index is 1.52. The number of allylic oxidation sites excluding steroid dienone is 3. The Labute approximate surface area is 338 Å². The first-order valence-electron chi connectivity index (χ1n) is 22.6. The highest BCUT2D eigenvalue weighted by Gasteiger charge is 2.61. The molecule has 0 aliphatic heterocycles. The van der Waals surface area contributed by atoms with E-state index in [1.54, 1.807) is 11.1 Å². The summed E-state index contributed by atoms with van der Waals surface area (Å²) in [6.45, 7) is 40.3. The molecule has 4 saturated carbocycles. The fourth-order valence-corrected chi connectivity index (χ4v) is 14.0. The lowest BCUT2D eigenvalue weighted by atomic mass is 9.62. The summed E-state index contributed by atoms with van der Waals surface area (Å²) in [6, 6.07) is 0. The quantitative estimate of drug-likeness (QED) is 0.153. The molecule has 0 aromatic heterocycles. The molecule has 0 aromatic rings. The normalized spacial score (nSPS) is 30.6. The van der Waals surface area contributed by atoms with Gasteiger partial charge in [0.15, 0.2) is 25.0 Å². The van der Waals surface area contributed by atoms with Crippen molar-refractivity contribution in [3.05, 3.63) is 23.3 Å². The van der Waals surface area contributed by atoms with Crippen molar-refractivity contribution in [1.82, 2.24) is 0 Å². The summed E-state index contributed by atoms with van der Waals surface area (Å²) in [4.78, 5) is 22.5. The van der Waals surface area contributed by atoms with Gasteiger partial charge in [-0.15, -0.1) is 0 Å². The summed E-state index contributed by atoms with van der Waals surface area (Å²) in [5.74, 6) is 1.82. The molecule has 1 spiro atoms. The second kappa shape index (κ2) is 16.2. The Kier molecular flexibility index (Phi) is 14.0. The molecule has 3 unspecified atom stereocenters. The number of fused-ring (bicyclic) bond motifs is 1. The molecule has 4 fully saturated rings. The molecule has 2 N–H and O–H groups in total. The molecular formula is C47H90O4Si3. The Bertz CT molecular complexity index is 1290. The summed E-state index contributed by atoms with van der Waals surface area (Å²) in [5.41, 5.74) is 4.09. The van der Waals surface area contributed by atoms with Crippen LogP contribution in [0.5, 0.6) is 0 Å². The zero-order valence-corrected chi connectivity index (χ0v) is 41.9. The van der Waals surface area contributed by atoms with Crippen LogP contribution in [0.4, 0.5) is 0 Å². The highest BCUT2D eigenvalue weighted by atomic mass is 28.4. The number of hydrogen-bond donors (Lipinski definition) is 2. The lowest BCUT2D eigenvalue weighted by molar-refractivity contribution is -0.0373. The molecule has 0 saturated heterocycles. The van der Waals surface area contributed by atoms with Crippen molar-refractivity contribution in [3.8, 4) is 0 Å². The Morgan fingerprint density at radius 1 is 0.833 bits per heavy atom. The van der Waals surface area contributed by atoms with Gasteiger partial charge in [-0.3, -0.25) is 0 Å². The fourth-order valence-electron chi connectivity index (χ4n) is 11.1. The Morgan fingerprint density at radius 3 is 1.94 bits per heavy atom. The van der Waals surface area contributed by atoms with E-state index in [4.69, 9.17) is 9.16 Å². The average Bonchev–Trinajstić information content (AvgIpc) is 3.74. The first-order chi connectivity index (χ1) is 24.5. The van der Waals surface area contributed by atoms with Gasteiger partial charge in [0, 0.05) is 6.61 Å². The number of hydrogen-bond acceptors (Lipinski definition) is 4. The molecule has 0 heterocycles. The van der Waals surface area contributed by atoms with Crippen LogP contribution in [0, 0.1) is 34.0 Å². The maximum absolute atomic E-state index is 11.4. The van der Waals surface area contributed by atoms with Crippen LogP contribution >= 0.6 is 0 Å². The standard InChI is InChI=1S/C47H90O4Si3/c1-18-46(19-2,34-44(9,10)53(14,15)49)29-30-50-35(3)39-24-25-40-37(21-20-26-45(39,40)11)23-22-36-31-38(33-43(7,8)52(12,13)48)47(27-28-47)41(32-36)51-54(16,17)42(4,5)6/h22-23,35,38-41,48-49H,18-21,24-34H2,1-17H3/b36-22+,37-23+/t35-,38+,39?,40?,41-,45?/m1/s1. The van der Waals surface area contributed by atoms with Crippen LogP contribution in [0.3, 0.4) is 0 Å². The fraction of sp³-hybridized carbons (Fsp3) is 0.915. The predicted octanol–water partition coefficient (Wildman–Crippen LogP) is 14.0. The van der Waals surface area contributed by atoms with Gasteiger partial charge in [0.05, 0.1) is 12.2 Å². The topological polar surface area (TPSA) is 58.9 Å². The number of ether oxygens (including phenoxy) is 1. The van der Waals surface area contributed by atoms with E-state index < -0.39 is 25.0 Å². The summed E-state index contributed by atoms with van der Waals surface area (Å²) < 4.78 is 14.3. The van der Waals surface area contributed by atoms with E-state index in [0.717, 1.165) is 51.6 Å². The van der Waals surface area contributed by atoms with Crippen LogP contribution in [0.25, 0.3) is 0 Å². The van der Waals surface area contributed by atoms with Crippen LogP contribution in [0.2, 0.25) is 54.4 Å². The second-order valence-corrected chi connectivity index (χ2v) is 37.4. The zero-order chi connectivity index (χ0) is 41.0. The van der Waals surface area contributed by atoms with E-state index in [9.17, 15) is 9.59 Å². The lowest BCUT2D eigenvalue weighted by Gasteiger charge is -2.49. The molecule has 54 heavy (non-hydrogen) atoms. The molecule has 6 atom stereocenters. The van der Waals surface area contributed by atoms with Gasteiger partial charge in [0.25, 0.3) is 0 Å². The van der Waals surface area contributed by atoms with E-state index in [0.29, 0.717) is 29.3 Å². The Morgan fingerprint density at radius 2 is 1.43 bits per heavy atom. The van der Waals surface area contributed by atoms with Gasteiger partial charge in [0.1, 0.15) is 0 Å². The van der Waals surface area contributed by atoms with Crippen molar-refractivity contribution in [2.45, 2.75) is 233 Å². The van der Waals surface area contributed by atoms with Gasteiger partial charge >= 0.3 is 0 Å². The minimum atomic E-state index is -2.33. The third kappa shape index (κ3) is 9.70. The van der Waals surface area contributed by atoms with Crippen LogP contribution in [-0.4, -0.2) is 53.4 Å². The molecule has 0 aromatic carbocycles. The van der Waals surface area contributed by atoms with Gasteiger partial charge < -0.3 is 18.8 Å². The van der Waals surface area contributed by atoms with Crippen molar-refractivity contribution in [1.29, 1.82) is 0 Å². The van der Waals surface area contributed by atoms with Crippen LogP contribution in [0.15, 0.2) is 23.3 Å². The molecule has 4 aliphatic carbocycles. The molecule has 314 valence electrons. The maximum atomic E-state index is 11.4. The minimum Gasteiger partial charge on any atom is -0.432 e. The summed E-state index contributed by atoms with van der Waals surface area (Å²) in [5, 5.41) is 0.154. The molecule has 0 bridgehead atoms. The van der Waals surface area contributed by atoms with E-state index in [1.807, 2.05) is 0 Å². The number of rotatable bonds is 16. The zero-order valence-electron chi connectivity index (χ0n) is 38.9. The maximum Gasteiger partial charge on any atom is 0.192 e. The average molecular weight is 803 g/mol. The highest BCUT2D eigenvalue weighted by molar-refractivity contribution is 6.74. The second-order valence-electron chi connectivity index (χ2n) is 23.7. The van der Waals surface area contributed by atoms with E-state index >= 15 is 0 Å². The molecule has 0 radical (unpaired) electrons. The van der Waals surface area contributed by atoms with Crippen LogP contribution in [0.1, 0.15) is 166 Å². The molecule has 7 heteroatoms. The van der Waals surface area contributed by atoms with E-state index in [-0.39, 0.29) is 32.0 Å². The summed E-state index contributed by atoms with van der Waals surface area (Å²) in [6.07, 6.45) is 22.5. The first kappa shape index (κ1) is 46.7. The Hall–Kier alpha value is -0.0294. The predicted molar refractivity (Wildman–Crippen MR) is 241 cm³/mol. The van der Waals surface area contributed by atoms with Gasteiger partial charge in [-0.25, -0.2) is 0 Å². The smallest absolute Gasteiger partial charge is 0.192 e. The van der Waals surface area contributed by atoms with Gasteiger partial charge in [-0.2, -0.15) is 0 Å².